The monoisotopic (exact) mass is 393 g/mol. The van der Waals surface area contributed by atoms with Crippen LogP contribution in [0.1, 0.15) is 5.56 Å². The first kappa shape index (κ1) is 20.1. The van der Waals surface area contributed by atoms with Gasteiger partial charge in [0.1, 0.15) is 11.5 Å². The molecule has 1 heterocycles. The van der Waals surface area contributed by atoms with E-state index < -0.39 is 0 Å². The minimum atomic E-state index is -0.261. The van der Waals surface area contributed by atoms with Gasteiger partial charge in [0.2, 0.25) is 0 Å². The van der Waals surface area contributed by atoms with Gasteiger partial charge in [0, 0.05) is 18.2 Å². The number of nitrogens with zero attached hydrogens (tertiary/aromatic N) is 2. The summed E-state index contributed by atoms with van der Waals surface area (Å²) >= 11 is 0. The van der Waals surface area contributed by atoms with Crippen LogP contribution in [0.5, 0.6) is 11.5 Å². The van der Waals surface area contributed by atoms with Crippen molar-refractivity contribution in [2.75, 3.05) is 20.3 Å². The van der Waals surface area contributed by atoms with Gasteiger partial charge in [0.05, 0.1) is 19.3 Å². The summed E-state index contributed by atoms with van der Waals surface area (Å²) in [6, 6.07) is 18.1. The molecule has 0 radical (unpaired) electrons. The van der Waals surface area contributed by atoms with E-state index >= 15 is 0 Å². The third kappa shape index (κ3) is 5.68. The molecule has 0 saturated carbocycles. The largest absolute Gasteiger partial charge is 0.497 e. The van der Waals surface area contributed by atoms with Gasteiger partial charge >= 0.3 is 0 Å². The summed E-state index contributed by atoms with van der Waals surface area (Å²) in [5.41, 5.74) is 2.32. The highest BCUT2D eigenvalue weighted by Crippen LogP contribution is 2.21. The van der Waals surface area contributed by atoms with Gasteiger partial charge in [-0.15, -0.1) is 0 Å². The van der Waals surface area contributed by atoms with Crippen LogP contribution in [0.4, 0.5) is 0 Å². The van der Waals surface area contributed by atoms with E-state index in [-0.39, 0.29) is 31.2 Å². The SMILES string of the molecule is COc1cccc(-c2ccc(=O)n(CCNC(=O)COc3cccc(C)c3)n2)c1. The fraction of sp³-hybridized carbons (Fsp3) is 0.227. The number of amides is 1. The average Bonchev–Trinajstić information content (AvgIpc) is 2.73. The number of carbonyl (C=O) groups is 1. The fourth-order valence-electron chi connectivity index (χ4n) is 2.75. The minimum absolute atomic E-state index is 0.0877. The first-order valence-electron chi connectivity index (χ1n) is 9.24. The number of ether oxygens (including phenoxy) is 2. The Bertz CT molecular complexity index is 1050. The second-order valence-corrected chi connectivity index (χ2v) is 6.47. The second-order valence-electron chi connectivity index (χ2n) is 6.47. The van der Waals surface area contributed by atoms with Gasteiger partial charge in [-0.25, -0.2) is 4.68 Å². The van der Waals surface area contributed by atoms with Crippen LogP contribution in [0.2, 0.25) is 0 Å². The predicted molar refractivity (Wildman–Crippen MR) is 110 cm³/mol. The molecule has 3 rings (SSSR count). The van der Waals surface area contributed by atoms with Crippen LogP contribution in [-0.2, 0) is 11.3 Å². The molecular weight excluding hydrogens is 370 g/mol. The highest BCUT2D eigenvalue weighted by atomic mass is 16.5. The lowest BCUT2D eigenvalue weighted by Gasteiger charge is -2.10. The van der Waals surface area contributed by atoms with E-state index in [1.165, 1.54) is 10.7 Å². The first-order chi connectivity index (χ1) is 14.0. The van der Waals surface area contributed by atoms with Crippen molar-refractivity contribution in [3.8, 4) is 22.8 Å². The molecule has 0 saturated heterocycles. The quantitative estimate of drug-likeness (QED) is 0.636. The van der Waals surface area contributed by atoms with Gasteiger partial charge in [-0.05, 0) is 42.8 Å². The smallest absolute Gasteiger partial charge is 0.266 e. The summed E-state index contributed by atoms with van der Waals surface area (Å²) < 4.78 is 12.0. The number of hydrogen-bond acceptors (Lipinski definition) is 5. The molecule has 0 bridgehead atoms. The highest BCUT2D eigenvalue weighted by Gasteiger charge is 2.07. The highest BCUT2D eigenvalue weighted by molar-refractivity contribution is 5.77. The van der Waals surface area contributed by atoms with Crippen molar-refractivity contribution >= 4 is 5.91 Å². The van der Waals surface area contributed by atoms with Crippen LogP contribution >= 0.6 is 0 Å². The van der Waals surface area contributed by atoms with Crippen LogP contribution < -0.4 is 20.3 Å². The summed E-state index contributed by atoms with van der Waals surface area (Å²) in [6.07, 6.45) is 0. The van der Waals surface area contributed by atoms with Crippen molar-refractivity contribution in [3.63, 3.8) is 0 Å². The number of benzene rings is 2. The van der Waals surface area contributed by atoms with E-state index in [9.17, 15) is 9.59 Å². The normalized spacial score (nSPS) is 10.4. The molecule has 0 unspecified atom stereocenters. The van der Waals surface area contributed by atoms with Crippen LogP contribution in [0, 0.1) is 6.92 Å². The lowest BCUT2D eigenvalue weighted by molar-refractivity contribution is -0.123. The van der Waals surface area contributed by atoms with Gasteiger partial charge in [0.25, 0.3) is 11.5 Å². The van der Waals surface area contributed by atoms with Crippen LogP contribution in [0.15, 0.2) is 65.5 Å². The Kier molecular flexibility index (Phi) is 6.63. The average molecular weight is 393 g/mol. The molecule has 0 spiro atoms. The molecule has 0 atom stereocenters. The number of rotatable bonds is 8. The number of carbonyl (C=O) groups excluding carboxylic acids is 1. The van der Waals surface area contributed by atoms with Crippen LogP contribution in [-0.4, -0.2) is 35.9 Å². The van der Waals surface area contributed by atoms with Gasteiger partial charge in [0.15, 0.2) is 6.61 Å². The van der Waals surface area contributed by atoms with Crippen molar-refractivity contribution < 1.29 is 14.3 Å². The summed E-state index contributed by atoms with van der Waals surface area (Å²) in [7, 11) is 1.60. The standard InChI is InChI=1S/C22H23N3O4/c1-16-5-3-8-19(13-16)29-15-21(26)23-11-12-25-22(27)10-9-20(24-25)17-6-4-7-18(14-17)28-2/h3-10,13-14H,11-12,15H2,1-2H3,(H,23,26). The number of aromatic nitrogens is 2. The maximum atomic E-state index is 12.1. The lowest BCUT2D eigenvalue weighted by Crippen LogP contribution is -2.34. The van der Waals surface area contributed by atoms with E-state index in [1.54, 1.807) is 19.2 Å². The third-order valence-corrected chi connectivity index (χ3v) is 4.24. The Morgan fingerprint density at radius 3 is 2.66 bits per heavy atom. The van der Waals surface area contributed by atoms with Crippen molar-refractivity contribution in [2.24, 2.45) is 0 Å². The Morgan fingerprint density at radius 1 is 1.07 bits per heavy atom. The third-order valence-electron chi connectivity index (χ3n) is 4.24. The molecule has 0 aliphatic carbocycles. The zero-order chi connectivity index (χ0) is 20.6. The number of aryl methyl sites for hydroxylation is 1. The Hall–Kier alpha value is -3.61. The van der Waals surface area contributed by atoms with Crippen molar-refractivity contribution in [1.82, 2.24) is 15.1 Å². The van der Waals surface area contributed by atoms with Crippen molar-refractivity contribution in [2.45, 2.75) is 13.5 Å². The second kappa shape index (κ2) is 9.54. The predicted octanol–water partition coefficient (Wildman–Crippen LogP) is 2.42. The number of nitrogens with one attached hydrogen (secondary N) is 1. The van der Waals surface area contributed by atoms with E-state index in [0.29, 0.717) is 17.2 Å². The number of hydrogen-bond donors (Lipinski definition) is 1. The molecule has 1 N–H and O–H groups in total. The summed E-state index contributed by atoms with van der Waals surface area (Å²) in [4.78, 5) is 24.1. The molecule has 3 aromatic rings. The van der Waals surface area contributed by atoms with Crippen molar-refractivity contribution in [3.05, 3.63) is 76.6 Å². The summed E-state index contributed by atoms with van der Waals surface area (Å²) in [5.74, 6) is 1.09. The molecule has 7 nitrogen and oxygen atoms in total. The van der Waals surface area contributed by atoms with E-state index in [4.69, 9.17) is 9.47 Å². The molecule has 1 amide bonds. The fourth-order valence-corrected chi connectivity index (χ4v) is 2.75. The summed E-state index contributed by atoms with van der Waals surface area (Å²) in [5, 5.41) is 7.12. The molecule has 0 aliphatic heterocycles. The van der Waals surface area contributed by atoms with Gasteiger partial charge in [-0.2, -0.15) is 5.10 Å². The molecular formula is C22H23N3O4. The number of methoxy groups -OCH3 is 1. The Morgan fingerprint density at radius 2 is 1.86 bits per heavy atom. The van der Waals surface area contributed by atoms with E-state index in [1.807, 2.05) is 49.4 Å². The maximum Gasteiger partial charge on any atom is 0.266 e. The molecule has 0 aliphatic rings. The van der Waals surface area contributed by atoms with Crippen molar-refractivity contribution in [1.29, 1.82) is 0 Å². The molecule has 1 aromatic heterocycles. The minimum Gasteiger partial charge on any atom is -0.497 e. The van der Waals surface area contributed by atoms with Crippen LogP contribution in [0.25, 0.3) is 11.3 Å². The van der Waals surface area contributed by atoms with E-state index in [2.05, 4.69) is 10.4 Å². The molecule has 29 heavy (non-hydrogen) atoms. The molecule has 7 heteroatoms. The molecule has 0 fully saturated rings. The van der Waals surface area contributed by atoms with E-state index in [0.717, 1.165) is 11.1 Å². The summed E-state index contributed by atoms with van der Waals surface area (Å²) in [6.45, 7) is 2.39. The van der Waals surface area contributed by atoms with Gasteiger partial charge < -0.3 is 14.8 Å². The Balaban J connectivity index is 1.56. The molecule has 150 valence electrons. The Labute approximate surface area is 168 Å². The van der Waals surface area contributed by atoms with Crippen LogP contribution in [0.3, 0.4) is 0 Å². The maximum absolute atomic E-state index is 12.1. The zero-order valence-electron chi connectivity index (χ0n) is 16.4. The van der Waals surface area contributed by atoms with Gasteiger partial charge in [-0.3, -0.25) is 9.59 Å². The first-order valence-corrected chi connectivity index (χ1v) is 9.24. The lowest BCUT2D eigenvalue weighted by atomic mass is 10.1. The zero-order valence-corrected chi connectivity index (χ0v) is 16.4. The molecule has 2 aromatic carbocycles. The topological polar surface area (TPSA) is 82.5 Å². The van der Waals surface area contributed by atoms with Gasteiger partial charge in [-0.1, -0.05) is 24.3 Å².